The smallest absolute Gasteiger partial charge is 0.0527 e. The zero-order valence-corrected chi connectivity index (χ0v) is 10.9. The molecular weight excluding hydrogens is 244 g/mol. The van der Waals surface area contributed by atoms with Crippen molar-refractivity contribution in [2.45, 2.75) is 5.92 Å². The topological polar surface area (TPSA) is 0 Å². The predicted octanol–water partition coefficient (Wildman–Crippen LogP) is 4.99. The molecule has 3 rings (SSSR count). The van der Waals surface area contributed by atoms with E-state index < -0.39 is 0 Å². The zero-order valence-electron chi connectivity index (χ0n) is 9.24. The maximum Gasteiger partial charge on any atom is 0.0527 e. The van der Waals surface area contributed by atoms with Crippen LogP contribution in [0.1, 0.15) is 21.2 Å². The van der Waals surface area contributed by atoms with E-state index in [0.29, 0.717) is 5.92 Å². The van der Waals surface area contributed by atoms with E-state index in [0.717, 1.165) is 0 Å². The molecular formula is C15H12S2. The molecule has 2 heterocycles. The van der Waals surface area contributed by atoms with Crippen molar-refractivity contribution in [1.82, 2.24) is 0 Å². The first kappa shape index (κ1) is 10.8. The van der Waals surface area contributed by atoms with E-state index in [1.165, 1.54) is 15.3 Å². The van der Waals surface area contributed by atoms with Crippen LogP contribution in [0.3, 0.4) is 0 Å². The van der Waals surface area contributed by atoms with Crippen LogP contribution in [0.2, 0.25) is 0 Å². The number of hydrogen-bond acceptors (Lipinski definition) is 2. The van der Waals surface area contributed by atoms with Crippen molar-refractivity contribution in [3.8, 4) is 0 Å². The standard InChI is InChI=1S/C15H12S2/c1-2-6-12(7-3-1)15(13-8-4-10-16-13)14-9-5-11-17-14/h1-11,15H. The van der Waals surface area contributed by atoms with Gasteiger partial charge in [0.05, 0.1) is 5.92 Å². The molecule has 2 aromatic heterocycles. The Labute approximate surface area is 109 Å². The van der Waals surface area contributed by atoms with Gasteiger partial charge in [-0.3, -0.25) is 0 Å². The molecule has 0 radical (unpaired) electrons. The van der Waals surface area contributed by atoms with Gasteiger partial charge < -0.3 is 0 Å². The molecule has 3 aromatic rings. The molecule has 0 amide bonds. The molecule has 0 aliphatic heterocycles. The van der Waals surface area contributed by atoms with E-state index in [4.69, 9.17) is 0 Å². The summed E-state index contributed by atoms with van der Waals surface area (Å²) in [4.78, 5) is 2.83. The average Bonchev–Trinajstić information content (AvgIpc) is 3.04. The van der Waals surface area contributed by atoms with Crippen molar-refractivity contribution < 1.29 is 0 Å². The van der Waals surface area contributed by atoms with Crippen molar-refractivity contribution in [3.63, 3.8) is 0 Å². The number of hydrogen-bond donors (Lipinski definition) is 0. The summed E-state index contributed by atoms with van der Waals surface area (Å²) in [6, 6.07) is 19.4. The maximum atomic E-state index is 2.22. The Balaban J connectivity index is 2.10. The monoisotopic (exact) mass is 256 g/mol. The molecule has 1 aromatic carbocycles. The van der Waals surface area contributed by atoms with Gasteiger partial charge >= 0.3 is 0 Å². The molecule has 0 N–H and O–H groups in total. The Hall–Kier alpha value is -1.38. The first-order chi connectivity index (χ1) is 8.45. The van der Waals surface area contributed by atoms with Gasteiger partial charge in [-0.25, -0.2) is 0 Å². The minimum atomic E-state index is 0.399. The maximum absolute atomic E-state index is 2.22. The Morgan fingerprint density at radius 2 is 1.24 bits per heavy atom. The summed E-state index contributed by atoms with van der Waals surface area (Å²) in [6.45, 7) is 0. The summed E-state index contributed by atoms with van der Waals surface area (Å²) < 4.78 is 0. The van der Waals surface area contributed by atoms with Crippen LogP contribution in [0.25, 0.3) is 0 Å². The summed E-state index contributed by atoms with van der Waals surface area (Å²) in [7, 11) is 0. The quantitative estimate of drug-likeness (QED) is 0.619. The zero-order chi connectivity index (χ0) is 11.5. The lowest BCUT2D eigenvalue weighted by atomic mass is 9.96. The van der Waals surface area contributed by atoms with Crippen LogP contribution in [-0.4, -0.2) is 0 Å². The second-order valence-electron chi connectivity index (χ2n) is 3.87. The Morgan fingerprint density at radius 3 is 1.71 bits per heavy atom. The molecule has 0 saturated heterocycles. The van der Waals surface area contributed by atoms with Crippen LogP contribution in [0.5, 0.6) is 0 Å². The van der Waals surface area contributed by atoms with E-state index in [1.54, 1.807) is 0 Å². The third kappa shape index (κ3) is 2.19. The normalized spacial score (nSPS) is 10.9. The molecule has 0 nitrogen and oxygen atoms in total. The highest BCUT2D eigenvalue weighted by Crippen LogP contribution is 2.36. The summed E-state index contributed by atoms with van der Waals surface area (Å²) in [5.74, 6) is 0.399. The van der Waals surface area contributed by atoms with Gasteiger partial charge in [-0.15, -0.1) is 22.7 Å². The molecule has 17 heavy (non-hydrogen) atoms. The summed E-state index contributed by atoms with van der Waals surface area (Å²) >= 11 is 3.66. The lowest BCUT2D eigenvalue weighted by Crippen LogP contribution is -1.98. The predicted molar refractivity (Wildman–Crippen MR) is 76.0 cm³/mol. The van der Waals surface area contributed by atoms with Gasteiger partial charge in [-0.2, -0.15) is 0 Å². The van der Waals surface area contributed by atoms with Crippen molar-refractivity contribution in [2.24, 2.45) is 0 Å². The van der Waals surface area contributed by atoms with Crippen molar-refractivity contribution in [3.05, 3.63) is 80.7 Å². The highest BCUT2D eigenvalue weighted by molar-refractivity contribution is 7.11. The Kier molecular flexibility index (Phi) is 3.08. The van der Waals surface area contributed by atoms with Crippen LogP contribution in [0, 0.1) is 0 Å². The fourth-order valence-electron chi connectivity index (χ4n) is 2.03. The second-order valence-corrected chi connectivity index (χ2v) is 5.83. The van der Waals surface area contributed by atoms with E-state index in [9.17, 15) is 0 Å². The van der Waals surface area contributed by atoms with E-state index >= 15 is 0 Å². The molecule has 0 aliphatic carbocycles. The van der Waals surface area contributed by atoms with E-state index in [2.05, 4.69) is 65.4 Å². The lowest BCUT2D eigenvalue weighted by Gasteiger charge is -2.14. The van der Waals surface area contributed by atoms with Crippen molar-refractivity contribution >= 4 is 22.7 Å². The lowest BCUT2D eigenvalue weighted by molar-refractivity contribution is 1.04. The van der Waals surface area contributed by atoms with Gasteiger partial charge in [0.25, 0.3) is 0 Å². The van der Waals surface area contributed by atoms with Crippen LogP contribution in [-0.2, 0) is 0 Å². The second kappa shape index (κ2) is 4.86. The Bertz CT molecular complexity index is 516. The first-order valence-corrected chi connectivity index (χ1v) is 7.33. The molecule has 0 spiro atoms. The number of thiophene rings is 2. The van der Waals surface area contributed by atoms with Crippen LogP contribution in [0.15, 0.2) is 65.4 Å². The van der Waals surface area contributed by atoms with Crippen LogP contribution in [0.4, 0.5) is 0 Å². The molecule has 0 saturated carbocycles. The molecule has 84 valence electrons. The van der Waals surface area contributed by atoms with Gasteiger partial charge in [0.15, 0.2) is 0 Å². The summed E-state index contributed by atoms with van der Waals surface area (Å²) in [6.07, 6.45) is 0. The van der Waals surface area contributed by atoms with Crippen LogP contribution < -0.4 is 0 Å². The highest BCUT2D eigenvalue weighted by atomic mass is 32.1. The third-order valence-electron chi connectivity index (χ3n) is 2.79. The van der Waals surface area contributed by atoms with Gasteiger partial charge in [-0.05, 0) is 28.5 Å². The fourth-order valence-corrected chi connectivity index (χ4v) is 3.84. The summed E-state index contributed by atoms with van der Waals surface area (Å²) in [5.41, 5.74) is 1.37. The molecule has 0 aliphatic rings. The summed E-state index contributed by atoms with van der Waals surface area (Å²) in [5, 5.41) is 4.30. The van der Waals surface area contributed by atoms with Gasteiger partial charge in [-0.1, -0.05) is 42.5 Å². The highest BCUT2D eigenvalue weighted by Gasteiger charge is 2.17. The van der Waals surface area contributed by atoms with Gasteiger partial charge in [0.1, 0.15) is 0 Å². The van der Waals surface area contributed by atoms with Gasteiger partial charge in [0.2, 0.25) is 0 Å². The molecule has 2 heteroatoms. The third-order valence-corrected chi connectivity index (χ3v) is 4.66. The Morgan fingerprint density at radius 1 is 0.647 bits per heavy atom. The molecule has 0 bridgehead atoms. The molecule has 0 fully saturated rings. The minimum Gasteiger partial charge on any atom is -0.148 e. The van der Waals surface area contributed by atoms with Crippen molar-refractivity contribution in [2.75, 3.05) is 0 Å². The largest absolute Gasteiger partial charge is 0.148 e. The van der Waals surface area contributed by atoms with E-state index in [1.807, 2.05) is 22.7 Å². The average molecular weight is 256 g/mol. The molecule has 0 atom stereocenters. The van der Waals surface area contributed by atoms with Crippen LogP contribution >= 0.6 is 22.7 Å². The number of benzene rings is 1. The van der Waals surface area contributed by atoms with E-state index in [-0.39, 0.29) is 0 Å². The molecule has 0 unspecified atom stereocenters. The van der Waals surface area contributed by atoms with Crippen molar-refractivity contribution in [1.29, 1.82) is 0 Å². The minimum absolute atomic E-state index is 0.399. The van der Waals surface area contributed by atoms with Gasteiger partial charge in [0, 0.05) is 9.75 Å². The SMILES string of the molecule is c1ccc(C(c2cccs2)c2cccs2)cc1. The first-order valence-electron chi connectivity index (χ1n) is 5.57. The fraction of sp³-hybridized carbons (Fsp3) is 0.0667. The number of rotatable bonds is 3.